The Morgan fingerprint density at radius 2 is 2.40 bits per heavy atom. The molecule has 1 aromatic heterocycles. The lowest BCUT2D eigenvalue weighted by Crippen LogP contribution is -2.37. The predicted molar refractivity (Wildman–Crippen MR) is 59.5 cm³/mol. The third-order valence-corrected chi connectivity index (χ3v) is 2.82. The fourth-order valence-electron chi connectivity index (χ4n) is 2.14. The van der Waals surface area contributed by atoms with Gasteiger partial charge >= 0.3 is 0 Å². The van der Waals surface area contributed by atoms with Crippen LogP contribution in [-0.4, -0.2) is 34.2 Å². The summed E-state index contributed by atoms with van der Waals surface area (Å²) < 4.78 is 0. The molecule has 1 aliphatic heterocycles. The van der Waals surface area contributed by atoms with Crippen molar-refractivity contribution < 1.29 is 5.11 Å². The van der Waals surface area contributed by atoms with Gasteiger partial charge in [-0.1, -0.05) is 6.07 Å². The molecule has 0 amide bonds. The number of hydrogen-bond donors (Lipinski definition) is 1. The van der Waals surface area contributed by atoms with Crippen molar-refractivity contribution in [3.63, 3.8) is 0 Å². The minimum Gasteiger partial charge on any atom is -0.392 e. The topological polar surface area (TPSA) is 36.4 Å². The van der Waals surface area contributed by atoms with Crippen molar-refractivity contribution in [2.75, 3.05) is 13.1 Å². The molecule has 15 heavy (non-hydrogen) atoms. The van der Waals surface area contributed by atoms with Gasteiger partial charge in [0.2, 0.25) is 0 Å². The molecule has 1 aromatic rings. The summed E-state index contributed by atoms with van der Waals surface area (Å²) in [7, 11) is 0. The summed E-state index contributed by atoms with van der Waals surface area (Å²) in [6.45, 7) is 4.85. The Morgan fingerprint density at radius 1 is 1.53 bits per heavy atom. The molecule has 82 valence electrons. The third-order valence-electron chi connectivity index (χ3n) is 2.82. The van der Waals surface area contributed by atoms with Crippen LogP contribution < -0.4 is 0 Å². The van der Waals surface area contributed by atoms with E-state index in [9.17, 15) is 5.11 Å². The normalized spacial score (nSPS) is 22.9. The lowest BCUT2D eigenvalue weighted by atomic mass is 10.1. The van der Waals surface area contributed by atoms with Crippen LogP contribution >= 0.6 is 0 Å². The molecule has 3 heteroatoms. The van der Waals surface area contributed by atoms with Crippen LogP contribution in [0.1, 0.15) is 24.0 Å². The van der Waals surface area contributed by atoms with Gasteiger partial charge in [0.1, 0.15) is 0 Å². The van der Waals surface area contributed by atoms with E-state index in [2.05, 4.69) is 22.9 Å². The van der Waals surface area contributed by atoms with Crippen molar-refractivity contribution >= 4 is 0 Å². The monoisotopic (exact) mass is 206 g/mol. The van der Waals surface area contributed by atoms with E-state index in [4.69, 9.17) is 0 Å². The van der Waals surface area contributed by atoms with E-state index in [1.807, 2.05) is 12.4 Å². The zero-order chi connectivity index (χ0) is 10.7. The van der Waals surface area contributed by atoms with Crippen LogP contribution in [0.3, 0.4) is 0 Å². The first kappa shape index (κ1) is 10.6. The highest BCUT2D eigenvalue weighted by molar-refractivity contribution is 5.16. The smallest absolute Gasteiger partial charge is 0.0667 e. The van der Waals surface area contributed by atoms with Gasteiger partial charge in [0.05, 0.1) is 6.10 Å². The van der Waals surface area contributed by atoms with Crippen molar-refractivity contribution in [3.05, 3.63) is 29.6 Å². The summed E-state index contributed by atoms with van der Waals surface area (Å²) in [5.74, 6) is 0. The van der Waals surface area contributed by atoms with Gasteiger partial charge in [-0.2, -0.15) is 0 Å². The molecule has 1 saturated heterocycles. The number of pyridine rings is 1. The molecule has 2 rings (SSSR count). The van der Waals surface area contributed by atoms with E-state index in [-0.39, 0.29) is 6.10 Å². The number of aromatic nitrogens is 1. The summed E-state index contributed by atoms with van der Waals surface area (Å²) in [6, 6.07) is 2.16. The summed E-state index contributed by atoms with van der Waals surface area (Å²) in [5.41, 5.74) is 2.44. The van der Waals surface area contributed by atoms with E-state index < -0.39 is 0 Å². The Morgan fingerprint density at radius 3 is 3.13 bits per heavy atom. The molecule has 0 saturated carbocycles. The number of hydrogen-bond acceptors (Lipinski definition) is 3. The minimum absolute atomic E-state index is 0.142. The molecule has 0 aliphatic carbocycles. The van der Waals surface area contributed by atoms with Crippen molar-refractivity contribution in [1.29, 1.82) is 0 Å². The molecule has 0 bridgehead atoms. The summed E-state index contributed by atoms with van der Waals surface area (Å²) in [4.78, 5) is 6.48. The van der Waals surface area contributed by atoms with E-state index in [0.29, 0.717) is 0 Å². The van der Waals surface area contributed by atoms with E-state index in [0.717, 1.165) is 32.5 Å². The van der Waals surface area contributed by atoms with Gasteiger partial charge in [-0.3, -0.25) is 9.88 Å². The average molecular weight is 206 g/mol. The average Bonchev–Trinajstić information content (AvgIpc) is 2.17. The molecule has 0 radical (unpaired) electrons. The van der Waals surface area contributed by atoms with Crippen LogP contribution in [0.25, 0.3) is 0 Å². The molecule has 1 aliphatic rings. The molecule has 0 aromatic carbocycles. The number of piperidine rings is 1. The van der Waals surface area contributed by atoms with Gasteiger partial charge in [0, 0.05) is 25.5 Å². The predicted octanol–water partition coefficient (Wildman–Crippen LogP) is 1.35. The first-order valence-electron chi connectivity index (χ1n) is 5.55. The molecule has 0 unspecified atom stereocenters. The van der Waals surface area contributed by atoms with E-state index in [1.54, 1.807) is 0 Å². The summed E-state index contributed by atoms with van der Waals surface area (Å²) in [6.07, 6.45) is 5.68. The molecule has 3 nitrogen and oxygen atoms in total. The van der Waals surface area contributed by atoms with Crippen LogP contribution in [0.15, 0.2) is 18.5 Å². The summed E-state index contributed by atoms with van der Waals surface area (Å²) in [5, 5.41) is 9.55. The first-order valence-corrected chi connectivity index (χ1v) is 5.55. The van der Waals surface area contributed by atoms with Crippen molar-refractivity contribution in [2.24, 2.45) is 0 Å². The molecular weight excluding hydrogens is 188 g/mol. The second-order valence-corrected chi connectivity index (χ2v) is 4.40. The van der Waals surface area contributed by atoms with E-state index in [1.165, 1.54) is 11.1 Å². The Hall–Kier alpha value is -0.930. The van der Waals surface area contributed by atoms with Crippen molar-refractivity contribution in [2.45, 2.75) is 32.4 Å². The Bertz CT molecular complexity index is 327. The highest BCUT2D eigenvalue weighted by Gasteiger charge is 2.17. The maximum atomic E-state index is 9.55. The standard InChI is InChI=1S/C12H18N2O/c1-10-5-11(7-13-6-10)8-14-4-2-3-12(15)9-14/h5-7,12,15H,2-4,8-9H2,1H3/t12-/m0/s1. The maximum absolute atomic E-state index is 9.55. The van der Waals surface area contributed by atoms with Crippen LogP contribution in [0.5, 0.6) is 0 Å². The van der Waals surface area contributed by atoms with Crippen molar-refractivity contribution in [1.82, 2.24) is 9.88 Å². The largest absolute Gasteiger partial charge is 0.392 e. The zero-order valence-corrected chi connectivity index (χ0v) is 9.19. The number of β-amino-alcohol motifs (C(OH)–C–C–N with tert-alkyl or cyclic N) is 1. The highest BCUT2D eigenvalue weighted by atomic mass is 16.3. The van der Waals surface area contributed by atoms with Crippen LogP contribution in [0.4, 0.5) is 0 Å². The molecule has 2 heterocycles. The Kier molecular flexibility index (Phi) is 3.34. The highest BCUT2D eigenvalue weighted by Crippen LogP contribution is 2.13. The number of rotatable bonds is 2. The van der Waals surface area contributed by atoms with Gasteiger partial charge in [0.25, 0.3) is 0 Å². The van der Waals surface area contributed by atoms with Gasteiger partial charge < -0.3 is 5.11 Å². The second kappa shape index (κ2) is 4.73. The molecule has 1 fully saturated rings. The molecule has 0 spiro atoms. The van der Waals surface area contributed by atoms with Crippen molar-refractivity contribution in [3.8, 4) is 0 Å². The number of aliphatic hydroxyl groups excluding tert-OH is 1. The fraction of sp³-hybridized carbons (Fsp3) is 0.583. The Balaban J connectivity index is 1.96. The lowest BCUT2D eigenvalue weighted by molar-refractivity contribution is 0.0668. The van der Waals surface area contributed by atoms with Gasteiger partial charge in [-0.15, -0.1) is 0 Å². The lowest BCUT2D eigenvalue weighted by Gasteiger charge is -2.29. The fourth-order valence-corrected chi connectivity index (χ4v) is 2.14. The number of aryl methyl sites for hydroxylation is 1. The molecular formula is C12H18N2O. The number of nitrogens with zero attached hydrogens (tertiary/aromatic N) is 2. The second-order valence-electron chi connectivity index (χ2n) is 4.40. The number of aliphatic hydroxyl groups is 1. The molecule has 1 atom stereocenters. The Labute approximate surface area is 90.8 Å². The van der Waals surface area contributed by atoms with Crippen LogP contribution in [-0.2, 0) is 6.54 Å². The minimum atomic E-state index is -0.142. The van der Waals surface area contributed by atoms with Gasteiger partial charge in [0.15, 0.2) is 0 Å². The van der Waals surface area contributed by atoms with Gasteiger partial charge in [-0.05, 0) is 37.4 Å². The summed E-state index contributed by atoms with van der Waals surface area (Å²) >= 11 is 0. The third kappa shape index (κ3) is 3.01. The number of likely N-dealkylation sites (tertiary alicyclic amines) is 1. The van der Waals surface area contributed by atoms with Crippen LogP contribution in [0.2, 0.25) is 0 Å². The SMILES string of the molecule is Cc1cncc(CN2CCC[C@H](O)C2)c1. The maximum Gasteiger partial charge on any atom is 0.0667 e. The zero-order valence-electron chi connectivity index (χ0n) is 9.19. The van der Waals surface area contributed by atoms with Gasteiger partial charge in [-0.25, -0.2) is 0 Å². The van der Waals surface area contributed by atoms with E-state index >= 15 is 0 Å². The quantitative estimate of drug-likeness (QED) is 0.793. The first-order chi connectivity index (χ1) is 7.24. The van der Waals surface area contributed by atoms with Crippen LogP contribution in [0, 0.1) is 6.92 Å². The molecule has 1 N–H and O–H groups in total.